The van der Waals surface area contributed by atoms with Gasteiger partial charge in [-0.2, -0.15) is 5.10 Å². The summed E-state index contributed by atoms with van der Waals surface area (Å²) in [6, 6.07) is 10.2. The van der Waals surface area contributed by atoms with Crippen LogP contribution in [0.25, 0.3) is 5.69 Å². The van der Waals surface area contributed by atoms with Crippen molar-refractivity contribution in [2.75, 3.05) is 0 Å². The number of aromatic nitrogens is 2. The van der Waals surface area contributed by atoms with E-state index in [-0.39, 0.29) is 5.54 Å². The molecule has 2 rings (SSSR count). The van der Waals surface area contributed by atoms with Gasteiger partial charge in [0, 0.05) is 18.9 Å². The number of rotatable bonds is 4. The summed E-state index contributed by atoms with van der Waals surface area (Å²) in [4.78, 5) is 0. The van der Waals surface area contributed by atoms with E-state index in [1.54, 1.807) is 6.20 Å². The molecule has 0 bridgehead atoms. The molecule has 0 saturated carbocycles. The maximum atomic E-state index is 5.43. The van der Waals surface area contributed by atoms with Crippen LogP contribution in [0.4, 0.5) is 0 Å². The Hall–Kier alpha value is -2.05. The van der Waals surface area contributed by atoms with Crippen LogP contribution in [0.1, 0.15) is 19.4 Å². The molecule has 0 aliphatic carbocycles. The zero-order valence-corrected chi connectivity index (χ0v) is 10.7. The summed E-state index contributed by atoms with van der Waals surface area (Å²) < 4.78 is 1.84. The number of terminal acetylenes is 1. The van der Waals surface area contributed by atoms with Crippen LogP contribution in [0.3, 0.4) is 0 Å². The van der Waals surface area contributed by atoms with Crippen LogP contribution in [0.5, 0.6) is 0 Å². The highest BCUT2D eigenvalue weighted by Gasteiger charge is 2.11. The first-order valence-corrected chi connectivity index (χ1v) is 5.92. The summed E-state index contributed by atoms with van der Waals surface area (Å²) in [5.41, 5.74) is 1.98. The Labute approximate surface area is 108 Å². The molecule has 0 saturated heterocycles. The van der Waals surface area contributed by atoms with Crippen molar-refractivity contribution in [2.45, 2.75) is 25.9 Å². The first-order chi connectivity index (χ1) is 8.61. The van der Waals surface area contributed by atoms with Crippen molar-refractivity contribution in [3.05, 3.63) is 48.3 Å². The van der Waals surface area contributed by atoms with Crippen molar-refractivity contribution < 1.29 is 0 Å². The smallest absolute Gasteiger partial charge is 0.0743 e. The fourth-order valence-corrected chi connectivity index (χ4v) is 1.56. The lowest BCUT2D eigenvalue weighted by atomic mass is 10.1. The highest BCUT2D eigenvalue weighted by Crippen LogP contribution is 2.09. The fraction of sp³-hybridized carbons (Fsp3) is 0.267. The van der Waals surface area contributed by atoms with E-state index in [1.165, 1.54) is 5.56 Å². The molecule has 1 aromatic carbocycles. The Kier molecular flexibility index (Phi) is 3.50. The first kappa shape index (κ1) is 12.4. The second-order valence-electron chi connectivity index (χ2n) is 4.74. The predicted octanol–water partition coefficient (Wildman–Crippen LogP) is 2.37. The van der Waals surface area contributed by atoms with E-state index in [1.807, 2.05) is 42.9 Å². The van der Waals surface area contributed by atoms with E-state index in [9.17, 15) is 0 Å². The van der Waals surface area contributed by atoms with Crippen molar-refractivity contribution in [1.29, 1.82) is 0 Å². The lowest BCUT2D eigenvalue weighted by Gasteiger charge is -2.19. The molecule has 92 valence electrons. The maximum Gasteiger partial charge on any atom is 0.0743 e. The number of nitrogens with one attached hydrogen (secondary N) is 1. The molecular formula is C15H17N3. The quantitative estimate of drug-likeness (QED) is 0.830. The molecule has 18 heavy (non-hydrogen) atoms. The average Bonchev–Trinajstić information content (AvgIpc) is 2.91. The average molecular weight is 239 g/mol. The van der Waals surface area contributed by atoms with E-state index in [4.69, 9.17) is 6.42 Å². The molecule has 1 aromatic heterocycles. The zero-order chi connectivity index (χ0) is 13.0. The third-order valence-electron chi connectivity index (χ3n) is 2.80. The summed E-state index contributed by atoms with van der Waals surface area (Å²) in [7, 11) is 0. The molecule has 0 amide bonds. The summed E-state index contributed by atoms with van der Waals surface area (Å²) in [5.74, 6) is 2.72. The van der Waals surface area contributed by atoms with Gasteiger partial charge in [0.15, 0.2) is 0 Å². The predicted molar refractivity (Wildman–Crippen MR) is 73.3 cm³/mol. The summed E-state index contributed by atoms with van der Waals surface area (Å²) >= 11 is 0. The molecule has 0 aliphatic heterocycles. The van der Waals surface area contributed by atoms with Gasteiger partial charge in [0.1, 0.15) is 0 Å². The zero-order valence-electron chi connectivity index (χ0n) is 10.7. The third-order valence-corrected chi connectivity index (χ3v) is 2.80. The van der Waals surface area contributed by atoms with Crippen molar-refractivity contribution >= 4 is 0 Å². The Morgan fingerprint density at radius 1 is 1.33 bits per heavy atom. The van der Waals surface area contributed by atoms with Crippen LogP contribution in [0.15, 0.2) is 42.7 Å². The van der Waals surface area contributed by atoms with E-state index in [0.717, 1.165) is 12.2 Å². The highest BCUT2D eigenvalue weighted by molar-refractivity contribution is 5.33. The Morgan fingerprint density at radius 3 is 2.61 bits per heavy atom. The topological polar surface area (TPSA) is 29.9 Å². The molecule has 2 aromatic rings. The van der Waals surface area contributed by atoms with Crippen LogP contribution >= 0.6 is 0 Å². The minimum atomic E-state index is -0.277. The van der Waals surface area contributed by atoms with Gasteiger partial charge < -0.3 is 0 Å². The number of nitrogens with zero attached hydrogens (tertiary/aromatic N) is 2. The van der Waals surface area contributed by atoms with Gasteiger partial charge in [0.2, 0.25) is 0 Å². The molecule has 1 N–H and O–H groups in total. The molecule has 0 aliphatic rings. The van der Waals surface area contributed by atoms with Gasteiger partial charge in [-0.05, 0) is 37.6 Å². The fourth-order valence-electron chi connectivity index (χ4n) is 1.56. The van der Waals surface area contributed by atoms with Crippen LogP contribution < -0.4 is 5.32 Å². The van der Waals surface area contributed by atoms with Crippen molar-refractivity contribution in [3.63, 3.8) is 0 Å². The standard InChI is InChI=1S/C15H17N3/c1-4-15(2,3)16-12-13-6-8-14(9-7-13)18-11-5-10-17-18/h1,5-11,16H,12H2,2-3H3. The molecule has 1 heterocycles. The van der Waals surface area contributed by atoms with Gasteiger partial charge in [0.05, 0.1) is 11.2 Å². The molecule has 0 atom stereocenters. The first-order valence-electron chi connectivity index (χ1n) is 5.92. The molecule has 0 radical (unpaired) electrons. The SMILES string of the molecule is C#CC(C)(C)NCc1ccc(-n2cccn2)cc1. The van der Waals surface area contributed by atoms with E-state index < -0.39 is 0 Å². The number of hydrogen-bond acceptors (Lipinski definition) is 2. The largest absolute Gasteiger partial charge is 0.298 e. The van der Waals surface area contributed by atoms with Gasteiger partial charge in [0.25, 0.3) is 0 Å². The number of hydrogen-bond donors (Lipinski definition) is 1. The summed E-state index contributed by atoms with van der Waals surface area (Å²) in [5, 5.41) is 7.51. The lowest BCUT2D eigenvalue weighted by molar-refractivity contribution is 0.491. The van der Waals surface area contributed by atoms with Gasteiger partial charge in [-0.3, -0.25) is 5.32 Å². The lowest BCUT2D eigenvalue weighted by Crippen LogP contribution is -2.36. The van der Waals surface area contributed by atoms with E-state index in [2.05, 4.69) is 28.5 Å². The summed E-state index contributed by atoms with van der Waals surface area (Å²) in [6.07, 6.45) is 9.13. The molecule has 0 fully saturated rings. The Morgan fingerprint density at radius 2 is 2.06 bits per heavy atom. The normalized spacial score (nSPS) is 11.2. The van der Waals surface area contributed by atoms with Crippen LogP contribution in [0, 0.1) is 12.3 Å². The van der Waals surface area contributed by atoms with Gasteiger partial charge in [-0.25, -0.2) is 4.68 Å². The summed E-state index contributed by atoms with van der Waals surface area (Å²) in [6.45, 7) is 4.74. The van der Waals surface area contributed by atoms with Gasteiger partial charge in [-0.15, -0.1) is 6.42 Å². The second kappa shape index (κ2) is 5.07. The highest BCUT2D eigenvalue weighted by atomic mass is 15.3. The Balaban J connectivity index is 2.03. The van der Waals surface area contributed by atoms with Crippen LogP contribution in [-0.4, -0.2) is 15.3 Å². The third kappa shape index (κ3) is 2.99. The van der Waals surface area contributed by atoms with Gasteiger partial charge >= 0.3 is 0 Å². The monoisotopic (exact) mass is 239 g/mol. The minimum absolute atomic E-state index is 0.277. The van der Waals surface area contributed by atoms with Crippen molar-refractivity contribution in [1.82, 2.24) is 15.1 Å². The molecule has 3 heteroatoms. The second-order valence-corrected chi connectivity index (χ2v) is 4.74. The van der Waals surface area contributed by atoms with Gasteiger partial charge in [-0.1, -0.05) is 18.1 Å². The molecule has 3 nitrogen and oxygen atoms in total. The Bertz CT molecular complexity index is 530. The molecular weight excluding hydrogens is 222 g/mol. The van der Waals surface area contributed by atoms with Crippen LogP contribution in [-0.2, 0) is 6.54 Å². The van der Waals surface area contributed by atoms with Crippen LogP contribution in [0.2, 0.25) is 0 Å². The minimum Gasteiger partial charge on any atom is -0.298 e. The van der Waals surface area contributed by atoms with E-state index in [0.29, 0.717) is 0 Å². The van der Waals surface area contributed by atoms with Crippen molar-refractivity contribution in [2.24, 2.45) is 0 Å². The van der Waals surface area contributed by atoms with Crippen molar-refractivity contribution in [3.8, 4) is 18.0 Å². The molecule has 0 spiro atoms. The maximum absolute atomic E-state index is 5.43. The number of benzene rings is 1. The van der Waals surface area contributed by atoms with E-state index >= 15 is 0 Å². The molecule has 0 unspecified atom stereocenters.